The lowest BCUT2D eigenvalue weighted by Crippen LogP contribution is -2.39. The van der Waals surface area contributed by atoms with Crippen molar-refractivity contribution < 1.29 is 4.79 Å². The largest absolute Gasteiger partial charge is 0.352 e. The van der Waals surface area contributed by atoms with Crippen molar-refractivity contribution in [1.82, 2.24) is 4.98 Å². The van der Waals surface area contributed by atoms with Crippen molar-refractivity contribution in [2.75, 3.05) is 0 Å². The van der Waals surface area contributed by atoms with Crippen LogP contribution in [0.25, 0.3) is 10.9 Å². The van der Waals surface area contributed by atoms with Crippen molar-refractivity contribution in [3.8, 4) is 0 Å². The van der Waals surface area contributed by atoms with Crippen LogP contribution >= 0.6 is 39.1 Å². The smallest absolute Gasteiger partial charge is 0.196 e. The molecule has 1 aromatic heterocycles. The summed E-state index contributed by atoms with van der Waals surface area (Å²) >= 11 is 16.0. The Morgan fingerprint density at radius 2 is 1.83 bits per heavy atom. The summed E-state index contributed by atoms with van der Waals surface area (Å²) in [6.07, 6.45) is 2.24. The molecular weight excluding hydrogens is 409 g/mol. The predicted molar refractivity (Wildman–Crippen MR) is 103 cm³/mol. The van der Waals surface area contributed by atoms with E-state index in [1.54, 1.807) is 6.07 Å². The first-order valence-corrected chi connectivity index (χ1v) is 9.30. The van der Waals surface area contributed by atoms with E-state index in [1.165, 1.54) is 0 Å². The highest BCUT2D eigenvalue weighted by atomic mass is 79.9. The average molecular weight is 423 g/mol. The average Bonchev–Trinajstić information content (AvgIpc) is 2.91. The van der Waals surface area contributed by atoms with Crippen LogP contribution in [-0.4, -0.2) is 15.1 Å². The van der Waals surface area contributed by atoms with Gasteiger partial charge in [0.15, 0.2) is 5.78 Å². The van der Waals surface area contributed by atoms with Crippen molar-refractivity contribution in [3.05, 3.63) is 69.3 Å². The van der Waals surface area contributed by atoms with Crippen LogP contribution in [0.15, 0.2) is 42.5 Å². The molecule has 0 saturated carbocycles. The van der Waals surface area contributed by atoms with Gasteiger partial charge in [0.1, 0.15) is 0 Å². The topological polar surface area (TPSA) is 32.9 Å². The minimum absolute atomic E-state index is 0.0936. The number of aryl methyl sites for hydroxylation is 1. The first-order chi connectivity index (χ1) is 11.5. The molecule has 1 aliphatic rings. The quantitative estimate of drug-likeness (QED) is 0.506. The second-order valence-corrected chi connectivity index (χ2v) is 8.58. The highest BCUT2D eigenvalue weighted by Crippen LogP contribution is 2.41. The number of hydrogen-bond acceptors (Lipinski definition) is 1. The summed E-state index contributed by atoms with van der Waals surface area (Å²) in [4.78, 5) is 16.4. The van der Waals surface area contributed by atoms with E-state index < -0.39 is 4.32 Å². The number of aromatic nitrogens is 1. The number of rotatable bonds is 2. The van der Waals surface area contributed by atoms with Crippen molar-refractivity contribution in [2.45, 2.75) is 23.6 Å². The van der Waals surface area contributed by atoms with Gasteiger partial charge in [-0.1, -0.05) is 69.5 Å². The van der Waals surface area contributed by atoms with E-state index in [-0.39, 0.29) is 5.78 Å². The van der Waals surface area contributed by atoms with Gasteiger partial charge in [0.2, 0.25) is 0 Å². The van der Waals surface area contributed by atoms with Crippen LogP contribution in [0, 0.1) is 0 Å². The molecule has 122 valence electrons. The number of Topliss-reactive ketones (excluding diaryl/α,β-unsaturated/α-hetero) is 1. The number of fused-ring (bicyclic) bond motifs is 3. The lowest BCUT2D eigenvalue weighted by molar-refractivity contribution is 0.0927. The maximum absolute atomic E-state index is 13.1. The van der Waals surface area contributed by atoms with E-state index in [1.807, 2.05) is 24.3 Å². The van der Waals surface area contributed by atoms with Gasteiger partial charge < -0.3 is 4.98 Å². The summed E-state index contributed by atoms with van der Waals surface area (Å²) in [6.45, 7) is 0. The number of carbonyl (C=O) groups is 1. The molecule has 0 spiro atoms. The van der Waals surface area contributed by atoms with Crippen molar-refractivity contribution in [2.24, 2.45) is 0 Å². The molecule has 1 unspecified atom stereocenters. The third kappa shape index (κ3) is 2.59. The standard InChI is InChI=1S/C19H14BrCl2NO/c20-19(10-11-4-2-1-3-5-11)7-6-12-13-8-14(21)15(22)9-16(13)23-17(12)18(19)24/h1-5,8-9,23H,6-7,10H2. The molecule has 0 saturated heterocycles. The van der Waals surface area contributed by atoms with Gasteiger partial charge in [-0.2, -0.15) is 0 Å². The van der Waals surface area contributed by atoms with E-state index in [0.717, 1.165) is 34.9 Å². The van der Waals surface area contributed by atoms with Gasteiger partial charge in [-0.3, -0.25) is 4.79 Å². The fourth-order valence-corrected chi connectivity index (χ4v) is 4.49. The number of alkyl halides is 1. The van der Waals surface area contributed by atoms with Crippen molar-refractivity contribution in [3.63, 3.8) is 0 Å². The number of ketones is 1. The molecule has 0 bridgehead atoms. The fraction of sp³-hybridized carbons (Fsp3) is 0.211. The van der Waals surface area contributed by atoms with Crippen LogP contribution in [0.4, 0.5) is 0 Å². The first-order valence-electron chi connectivity index (χ1n) is 7.75. The highest BCUT2D eigenvalue weighted by Gasteiger charge is 2.42. The van der Waals surface area contributed by atoms with E-state index >= 15 is 0 Å². The molecule has 0 fully saturated rings. The van der Waals surface area contributed by atoms with Crippen molar-refractivity contribution in [1.29, 1.82) is 0 Å². The number of hydrogen-bond donors (Lipinski definition) is 1. The number of nitrogens with one attached hydrogen (secondary N) is 1. The monoisotopic (exact) mass is 421 g/mol. The molecule has 5 heteroatoms. The minimum Gasteiger partial charge on any atom is -0.352 e. The van der Waals surface area contributed by atoms with E-state index in [9.17, 15) is 4.79 Å². The maximum atomic E-state index is 13.1. The molecule has 3 aromatic rings. The molecule has 24 heavy (non-hydrogen) atoms. The molecule has 1 aliphatic carbocycles. The zero-order valence-electron chi connectivity index (χ0n) is 12.7. The lowest BCUT2D eigenvalue weighted by Gasteiger charge is -2.30. The molecular formula is C19H14BrCl2NO. The van der Waals surface area contributed by atoms with E-state index in [2.05, 4.69) is 33.0 Å². The van der Waals surface area contributed by atoms with Gasteiger partial charge in [-0.15, -0.1) is 0 Å². The van der Waals surface area contributed by atoms with Crippen LogP contribution in [0.3, 0.4) is 0 Å². The van der Waals surface area contributed by atoms with Gasteiger partial charge in [0, 0.05) is 10.9 Å². The summed E-state index contributed by atoms with van der Waals surface area (Å²) in [5, 5.41) is 1.99. The van der Waals surface area contributed by atoms with E-state index in [0.29, 0.717) is 22.2 Å². The Morgan fingerprint density at radius 1 is 1.12 bits per heavy atom. The normalized spacial score (nSPS) is 20.4. The third-order valence-electron chi connectivity index (χ3n) is 4.68. The predicted octanol–water partition coefficient (Wildman–Crippen LogP) is 5.98. The molecule has 0 radical (unpaired) electrons. The highest BCUT2D eigenvalue weighted by molar-refractivity contribution is 9.10. The molecule has 0 aliphatic heterocycles. The summed E-state index contributed by atoms with van der Waals surface area (Å²) in [6, 6.07) is 13.7. The number of aromatic amines is 1. The Balaban J connectivity index is 1.77. The molecule has 1 atom stereocenters. The Labute approximate surface area is 158 Å². The third-order valence-corrected chi connectivity index (χ3v) is 6.44. The van der Waals surface area contributed by atoms with Gasteiger partial charge in [-0.05, 0) is 42.5 Å². The summed E-state index contributed by atoms with van der Waals surface area (Å²) < 4.78 is -0.574. The van der Waals surface area contributed by atoms with Crippen LogP contribution in [-0.2, 0) is 12.8 Å². The van der Waals surface area contributed by atoms with Crippen LogP contribution < -0.4 is 0 Å². The lowest BCUT2D eigenvalue weighted by atomic mass is 9.82. The Hall–Kier alpha value is -1.29. The van der Waals surface area contributed by atoms with Crippen LogP contribution in [0.2, 0.25) is 10.0 Å². The molecule has 0 amide bonds. The Bertz CT molecular complexity index is 951. The van der Waals surface area contributed by atoms with E-state index in [4.69, 9.17) is 23.2 Å². The molecule has 1 N–H and O–H groups in total. The fourth-order valence-electron chi connectivity index (χ4n) is 3.45. The zero-order chi connectivity index (χ0) is 16.9. The molecule has 2 nitrogen and oxygen atoms in total. The van der Waals surface area contributed by atoms with Crippen molar-refractivity contribution >= 4 is 55.8 Å². The number of H-pyrrole nitrogens is 1. The first kappa shape index (κ1) is 16.2. The van der Waals surface area contributed by atoms with Gasteiger partial charge >= 0.3 is 0 Å². The Morgan fingerprint density at radius 3 is 2.58 bits per heavy atom. The van der Waals surface area contributed by atoms with Gasteiger partial charge in [-0.25, -0.2) is 0 Å². The van der Waals surface area contributed by atoms with Gasteiger partial charge in [0.25, 0.3) is 0 Å². The zero-order valence-corrected chi connectivity index (χ0v) is 15.8. The van der Waals surface area contributed by atoms with Crippen LogP contribution in [0.5, 0.6) is 0 Å². The SMILES string of the molecule is O=C1c2[nH]c3cc(Cl)c(Cl)cc3c2CCC1(Br)Cc1ccccc1. The summed E-state index contributed by atoms with van der Waals surface area (Å²) in [5.74, 6) is 0.0936. The molecule has 1 heterocycles. The van der Waals surface area contributed by atoms with Gasteiger partial charge in [0.05, 0.1) is 20.1 Å². The second kappa shape index (κ2) is 5.91. The second-order valence-electron chi connectivity index (χ2n) is 6.25. The molecule has 2 aromatic carbocycles. The molecule has 4 rings (SSSR count). The maximum Gasteiger partial charge on any atom is 0.196 e. The Kier molecular flexibility index (Phi) is 3.98. The minimum atomic E-state index is -0.574. The number of halogens is 3. The summed E-state index contributed by atoms with van der Waals surface area (Å²) in [7, 11) is 0. The summed E-state index contributed by atoms with van der Waals surface area (Å²) in [5.41, 5.74) is 3.71. The van der Waals surface area contributed by atoms with Crippen LogP contribution in [0.1, 0.15) is 28.0 Å². The number of benzene rings is 2. The number of carbonyl (C=O) groups excluding carboxylic acids is 1.